The third-order valence-electron chi connectivity index (χ3n) is 5.51. The number of benzene rings is 1. The maximum absolute atomic E-state index is 11.4. The van der Waals surface area contributed by atoms with Crippen molar-refractivity contribution in [3.63, 3.8) is 0 Å². The Bertz CT molecular complexity index is 768. The summed E-state index contributed by atoms with van der Waals surface area (Å²) in [5.41, 5.74) is 0.978. The second kappa shape index (κ2) is 8.75. The topological polar surface area (TPSA) is 68.6 Å². The number of nitrogens with one attached hydrogen (secondary N) is 1. The van der Waals surface area contributed by atoms with Gasteiger partial charge < -0.3 is 19.4 Å². The first kappa shape index (κ1) is 19.0. The molecule has 1 spiro atoms. The minimum absolute atomic E-state index is 0.0177. The number of para-hydroxylation sites is 1. The highest BCUT2D eigenvalue weighted by molar-refractivity contribution is 5.78. The van der Waals surface area contributed by atoms with E-state index < -0.39 is 0 Å². The van der Waals surface area contributed by atoms with Crippen molar-refractivity contribution in [3.05, 3.63) is 48.5 Å². The number of aromatic nitrogens is 2. The van der Waals surface area contributed by atoms with Crippen molar-refractivity contribution in [2.75, 3.05) is 32.8 Å². The zero-order chi connectivity index (χ0) is 19.2. The minimum atomic E-state index is -0.225. The predicted molar refractivity (Wildman–Crippen MR) is 105 cm³/mol. The quantitative estimate of drug-likeness (QED) is 0.704. The molecule has 0 saturated carbocycles. The van der Waals surface area contributed by atoms with E-state index in [1.54, 1.807) is 0 Å². The lowest BCUT2D eigenvalue weighted by Gasteiger charge is -2.33. The number of rotatable bonds is 8. The van der Waals surface area contributed by atoms with Gasteiger partial charge in [0.05, 0.1) is 18.5 Å². The molecule has 0 bridgehead atoms. The molecule has 0 aliphatic carbocycles. The molecule has 7 nitrogen and oxygen atoms in total. The number of carbonyl (C=O) groups is 1. The number of imidazole rings is 1. The molecule has 2 saturated heterocycles. The van der Waals surface area contributed by atoms with E-state index in [0.29, 0.717) is 13.2 Å². The number of carbonyl (C=O) groups excluding carboxylic acids is 1. The highest BCUT2D eigenvalue weighted by atomic mass is 16.5. The Morgan fingerprint density at radius 3 is 3.04 bits per heavy atom. The van der Waals surface area contributed by atoms with Crippen LogP contribution < -0.4 is 10.1 Å². The summed E-state index contributed by atoms with van der Waals surface area (Å²) < 4.78 is 14.0. The van der Waals surface area contributed by atoms with Crippen LogP contribution in [0.4, 0.5) is 0 Å². The number of unbranched alkanes of at least 4 members (excludes halogenated alkanes) is 1. The summed E-state index contributed by atoms with van der Waals surface area (Å²) in [6.45, 7) is 5.11. The summed E-state index contributed by atoms with van der Waals surface area (Å²) >= 11 is 0. The van der Waals surface area contributed by atoms with Crippen LogP contribution in [0.2, 0.25) is 0 Å². The number of likely N-dealkylation sites (tertiary alicyclic amines) is 1. The highest BCUT2D eigenvalue weighted by Gasteiger charge is 2.42. The molecule has 1 N–H and O–H groups in total. The largest absolute Gasteiger partial charge is 0.493 e. The van der Waals surface area contributed by atoms with Crippen molar-refractivity contribution in [2.24, 2.45) is 0 Å². The fourth-order valence-corrected chi connectivity index (χ4v) is 3.92. The first-order chi connectivity index (χ1) is 13.7. The van der Waals surface area contributed by atoms with Gasteiger partial charge in [-0.15, -0.1) is 0 Å². The molecule has 2 aliphatic heterocycles. The maximum atomic E-state index is 11.4. The molecular formula is C21H28N4O3. The Kier molecular flexibility index (Phi) is 5.92. The van der Waals surface area contributed by atoms with Crippen LogP contribution in [0.3, 0.4) is 0 Å². The average molecular weight is 384 g/mol. The van der Waals surface area contributed by atoms with Crippen LogP contribution in [0, 0.1) is 0 Å². The minimum Gasteiger partial charge on any atom is -0.493 e. The molecule has 2 fully saturated rings. The monoisotopic (exact) mass is 384 g/mol. The van der Waals surface area contributed by atoms with Crippen LogP contribution in [0.1, 0.15) is 24.8 Å². The van der Waals surface area contributed by atoms with E-state index in [2.05, 4.69) is 31.9 Å². The van der Waals surface area contributed by atoms with Gasteiger partial charge in [-0.1, -0.05) is 18.2 Å². The van der Waals surface area contributed by atoms with Crippen LogP contribution >= 0.6 is 0 Å². The van der Waals surface area contributed by atoms with E-state index in [0.717, 1.165) is 51.2 Å². The summed E-state index contributed by atoms with van der Waals surface area (Å²) in [5, 5.41) is 2.94. The number of amides is 1. The molecule has 28 heavy (non-hydrogen) atoms. The third-order valence-corrected chi connectivity index (χ3v) is 5.51. The molecule has 150 valence electrons. The average Bonchev–Trinajstić information content (AvgIpc) is 3.36. The summed E-state index contributed by atoms with van der Waals surface area (Å²) in [6.07, 6.45) is 8.66. The van der Waals surface area contributed by atoms with E-state index in [-0.39, 0.29) is 18.1 Å². The molecule has 4 rings (SSSR count). The summed E-state index contributed by atoms with van der Waals surface area (Å²) in [6, 6.07) is 8.27. The molecule has 1 atom stereocenters. The molecular weight excluding hydrogens is 356 g/mol. The fraction of sp³-hybridized carbons (Fsp3) is 0.524. The Labute approximate surface area is 165 Å². The lowest BCUT2D eigenvalue weighted by Crippen LogP contribution is -2.53. The molecule has 1 aromatic carbocycles. The van der Waals surface area contributed by atoms with Gasteiger partial charge in [-0.25, -0.2) is 4.98 Å². The van der Waals surface area contributed by atoms with Gasteiger partial charge >= 0.3 is 0 Å². The Balaban J connectivity index is 1.25. The molecule has 1 amide bonds. The van der Waals surface area contributed by atoms with Crippen LogP contribution in [0.15, 0.2) is 43.0 Å². The zero-order valence-electron chi connectivity index (χ0n) is 16.2. The van der Waals surface area contributed by atoms with Gasteiger partial charge in [-0.2, -0.15) is 0 Å². The van der Waals surface area contributed by atoms with E-state index in [1.165, 1.54) is 5.56 Å². The van der Waals surface area contributed by atoms with Crippen LogP contribution in [0.5, 0.6) is 5.75 Å². The number of hydrogen-bond acceptors (Lipinski definition) is 5. The number of morpholine rings is 1. The molecule has 0 radical (unpaired) electrons. The Hall–Kier alpha value is -2.38. The molecule has 2 aliphatic rings. The Morgan fingerprint density at radius 1 is 1.29 bits per heavy atom. The van der Waals surface area contributed by atoms with Gasteiger partial charge in [0.1, 0.15) is 12.4 Å². The molecule has 7 heteroatoms. The number of nitrogens with zero attached hydrogens (tertiary/aromatic N) is 3. The smallest absolute Gasteiger partial charge is 0.246 e. The van der Waals surface area contributed by atoms with E-state index in [9.17, 15) is 4.79 Å². The van der Waals surface area contributed by atoms with Gasteiger partial charge in [0.25, 0.3) is 0 Å². The van der Waals surface area contributed by atoms with Gasteiger partial charge in [0, 0.05) is 50.7 Å². The lowest BCUT2D eigenvalue weighted by molar-refractivity contribution is -0.142. The van der Waals surface area contributed by atoms with Crippen LogP contribution in [-0.4, -0.2) is 58.8 Å². The molecule has 1 unspecified atom stereocenters. The molecule has 2 aromatic rings. The van der Waals surface area contributed by atoms with Gasteiger partial charge in [0.15, 0.2) is 0 Å². The SMILES string of the molecule is O=C1COC2(CCN(Cc3ccccc3OCCCCn3ccnc3)C2)CN1. The summed E-state index contributed by atoms with van der Waals surface area (Å²) in [5.74, 6) is 0.944. The summed E-state index contributed by atoms with van der Waals surface area (Å²) in [7, 11) is 0. The van der Waals surface area contributed by atoms with Crippen molar-refractivity contribution in [2.45, 2.75) is 38.0 Å². The third kappa shape index (κ3) is 4.72. The lowest BCUT2D eigenvalue weighted by atomic mass is 10.0. The van der Waals surface area contributed by atoms with Crippen molar-refractivity contribution in [3.8, 4) is 5.75 Å². The normalized spacial score (nSPS) is 22.5. The van der Waals surface area contributed by atoms with Gasteiger partial charge in [-0.05, 0) is 25.3 Å². The second-order valence-corrected chi connectivity index (χ2v) is 7.67. The van der Waals surface area contributed by atoms with Gasteiger partial charge in [0.2, 0.25) is 5.91 Å². The molecule has 3 heterocycles. The molecule has 1 aromatic heterocycles. The van der Waals surface area contributed by atoms with Crippen molar-refractivity contribution in [1.82, 2.24) is 19.8 Å². The maximum Gasteiger partial charge on any atom is 0.246 e. The zero-order valence-corrected chi connectivity index (χ0v) is 16.2. The number of ether oxygens (including phenoxy) is 2. The standard InChI is InChI=1S/C21H28N4O3/c26-20-14-28-21(15-23-20)7-10-25(16-21)13-18-5-1-2-6-19(18)27-12-4-3-9-24-11-8-22-17-24/h1-2,5-6,8,11,17H,3-4,7,9-10,12-16H2,(H,23,26). The number of hydrogen-bond donors (Lipinski definition) is 1. The van der Waals surface area contributed by atoms with E-state index in [1.807, 2.05) is 30.9 Å². The fourth-order valence-electron chi connectivity index (χ4n) is 3.92. The van der Waals surface area contributed by atoms with Crippen molar-refractivity contribution in [1.29, 1.82) is 0 Å². The van der Waals surface area contributed by atoms with Crippen molar-refractivity contribution >= 4 is 5.91 Å². The predicted octanol–water partition coefficient (Wildman–Crippen LogP) is 1.83. The van der Waals surface area contributed by atoms with Crippen molar-refractivity contribution < 1.29 is 14.3 Å². The first-order valence-electron chi connectivity index (χ1n) is 10.0. The van der Waals surface area contributed by atoms with E-state index in [4.69, 9.17) is 9.47 Å². The second-order valence-electron chi connectivity index (χ2n) is 7.67. The van der Waals surface area contributed by atoms with Gasteiger partial charge in [-0.3, -0.25) is 9.69 Å². The highest BCUT2D eigenvalue weighted by Crippen LogP contribution is 2.29. The van der Waals surface area contributed by atoms with Crippen LogP contribution in [0.25, 0.3) is 0 Å². The first-order valence-corrected chi connectivity index (χ1v) is 10.0. The van der Waals surface area contributed by atoms with E-state index >= 15 is 0 Å². The Morgan fingerprint density at radius 2 is 2.21 bits per heavy atom. The van der Waals surface area contributed by atoms with Crippen LogP contribution in [-0.2, 0) is 22.6 Å². The number of aryl methyl sites for hydroxylation is 1. The summed E-state index contributed by atoms with van der Waals surface area (Å²) in [4.78, 5) is 17.8.